The van der Waals surface area contributed by atoms with Gasteiger partial charge in [0.1, 0.15) is 0 Å². The summed E-state index contributed by atoms with van der Waals surface area (Å²) in [4.78, 5) is 12.3. The number of carbonyl (C=O) groups excluding carboxylic acids is 1. The van der Waals surface area contributed by atoms with Gasteiger partial charge in [0, 0.05) is 0 Å². The molecule has 19 heavy (non-hydrogen) atoms. The smallest absolute Gasteiger partial charge is 0.317 e. The first-order valence-corrected chi connectivity index (χ1v) is 6.49. The number of nitrogens with two attached hydrogens (primary N) is 1. The van der Waals surface area contributed by atoms with Crippen LogP contribution in [0.1, 0.15) is 31.4 Å². The molecule has 1 aliphatic rings. The molecule has 106 valence electrons. The Balaban J connectivity index is 0.00000180. The zero-order valence-electron chi connectivity index (χ0n) is 11.7. The number of aryl methyl sites for hydroxylation is 1. The molecule has 4 heteroatoms. The molecule has 1 fully saturated rings. The van der Waals surface area contributed by atoms with Crippen LogP contribution in [0.2, 0.25) is 0 Å². The summed E-state index contributed by atoms with van der Waals surface area (Å²) < 4.78 is 5.40. The van der Waals surface area contributed by atoms with Gasteiger partial charge < -0.3 is 10.5 Å². The molecule has 0 radical (unpaired) electrons. The summed E-state index contributed by atoms with van der Waals surface area (Å²) in [5.74, 6) is 0.0864. The number of halogens is 1. The van der Waals surface area contributed by atoms with Crippen molar-refractivity contribution in [1.29, 1.82) is 0 Å². The summed E-state index contributed by atoms with van der Waals surface area (Å²) in [6, 6.07) is 8.11. The Kier molecular flexibility index (Phi) is 4.99. The summed E-state index contributed by atoms with van der Waals surface area (Å²) >= 11 is 0. The highest BCUT2D eigenvalue weighted by Crippen LogP contribution is 2.54. The van der Waals surface area contributed by atoms with E-state index in [0.717, 1.165) is 12.0 Å². The minimum Gasteiger partial charge on any atom is -0.462 e. The van der Waals surface area contributed by atoms with Crippen molar-refractivity contribution in [3.05, 3.63) is 35.4 Å². The molecule has 0 aromatic heterocycles. The monoisotopic (exact) mass is 283 g/mol. The van der Waals surface area contributed by atoms with E-state index >= 15 is 0 Å². The maximum Gasteiger partial charge on any atom is 0.317 e. The number of hydrogen-bond donors (Lipinski definition) is 1. The minimum atomic E-state index is -0.493. The molecule has 1 aromatic rings. The predicted molar refractivity (Wildman–Crippen MR) is 78.5 cm³/mol. The van der Waals surface area contributed by atoms with Crippen LogP contribution in [0.4, 0.5) is 0 Å². The Hall–Kier alpha value is -1.06. The molecule has 1 saturated carbocycles. The van der Waals surface area contributed by atoms with Crippen molar-refractivity contribution >= 4 is 18.4 Å². The van der Waals surface area contributed by atoms with Crippen molar-refractivity contribution < 1.29 is 9.53 Å². The van der Waals surface area contributed by atoms with Gasteiger partial charge >= 0.3 is 5.97 Å². The van der Waals surface area contributed by atoms with Gasteiger partial charge in [0.2, 0.25) is 0 Å². The fourth-order valence-corrected chi connectivity index (χ4v) is 2.51. The lowest BCUT2D eigenvalue weighted by atomic mass is 9.92. The highest BCUT2D eigenvalue weighted by Gasteiger charge is 2.61. The molecule has 1 aliphatic carbocycles. The quantitative estimate of drug-likeness (QED) is 0.864. The van der Waals surface area contributed by atoms with Crippen LogP contribution in [0.3, 0.4) is 0 Å². The van der Waals surface area contributed by atoms with Crippen molar-refractivity contribution in [3.63, 3.8) is 0 Å². The molecular weight excluding hydrogens is 262 g/mol. The molecule has 0 aliphatic heterocycles. The van der Waals surface area contributed by atoms with Crippen molar-refractivity contribution in [1.82, 2.24) is 0 Å². The van der Waals surface area contributed by atoms with E-state index in [-0.39, 0.29) is 30.4 Å². The van der Waals surface area contributed by atoms with Gasteiger partial charge in [-0.1, -0.05) is 29.8 Å². The normalized spacial score (nSPS) is 24.8. The largest absolute Gasteiger partial charge is 0.462 e. The average Bonchev–Trinajstić information content (AvgIpc) is 3.05. The molecule has 0 bridgehead atoms. The lowest BCUT2D eigenvalue weighted by Crippen LogP contribution is -2.29. The summed E-state index contributed by atoms with van der Waals surface area (Å²) in [7, 11) is 0. The molecule has 2 atom stereocenters. The number of esters is 1. The van der Waals surface area contributed by atoms with Crippen LogP contribution in [-0.2, 0) is 14.9 Å². The van der Waals surface area contributed by atoms with Crippen LogP contribution in [-0.4, -0.2) is 18.6 Å². The van der Waals surface area contributed by atoms with Gasteiger partial charge in [-0.25, -0.2) is 0 Å². The third-order valence-corrected chi connectivity index (χ3v) is 3.66. The first-order valence-electron chi connectivity index (χ1n) is 6.49. The van der Waals surface area contributed by atoms with E-state index in [4.69, 9.17) is 10.5 Å². The van der Waals surface area contributed by atoms with Crippen LogP contribution < -0.4 is 5.73 Å². The Morgan fingerprint density at radius 2 is 2.00 bits per heavy atom. The van der Waals surface area contributed by atoms with E-state index in [1.54, 1.807) is 0 Å². The van der Waals surface area contributed by atoms with Gasteiger partial charge in [-0.3, -0.25) is 4.79 Å². The fourth-order valence-electron chi connectivity index (χ4n) is 2.51. The van der Waals surface area contributed by atoms with Gasteiger partial charge in [0.05, 0.1) is 11.5 Å². The Bertz CT molecular complexity index is 444. The van der Waals surface area contributed by atoms with Crippen molar-refractivity contribution in [2.24, 2.45) is 11.7 Å². The van der Waals surface area contributed by atoms with E-state index in [1.165, 1.54) is 5.56 Å². The molecule has 0 heterocycles. The Morgan fingerprint density at radius 3 is 2.42 bits per heavy atom. The molecule has 0 saturated heterocycles. The number of benzene rings is 1. The van der Waals surface area contributed by atoms with Crippen LogP contribution in [0, 0.1) is 12.8 Å². The second kappa shape index (κ2) is 5.93. The lowest BCUT2D eigenvalue weighted by Gasteiger charge is -2.19. The highest BCUT2D eigenvalue weighted by molar-refractivity contribution is 5.87. The van der Waals surface area contributed by atoms with Crippen molar-refractivity contribution in [2.75, 3.05) is 6.54 Å². The van der Waals surface area contributed by atoms with E-state index in [2.05, 4.69) is 0 Å². The topological polar surface area (TPSA) is 52.3 Å². The lowest BCUT2D eigenvalue weighted by molar-refractivity contribution is -0.151. The minimum absolute atomic E-state index is 0. The molecule has 0 spiro atoms. The van der Waals surface area contributed by atoms with Crippen LogP contribution in [0.15, 0.2) is 24.3 Å². The molecule has 0 amide bonds. The predicted octanol–water partition coefficient (Wildman–Crippen LogP) is 2.58. The zero-order valence-corrected chi connectivity index (χ0v) is 12.5. The van der Waals surface area contributed by atoms with Crippen LogP contribution in [0.5, 0.6) is 0 Å². The second-order valence-corrected chi connectivity index (χ2v) is 5.43. The Labute approximate surface area is 120 Å². The molecule has 1 unspecified atom stereocenters. The van der Waals surface area contributed by atoms with Gasteiger partial charge in [0.15, 0.2) is 0 Å². The Morgan fingerprint density at radius 1 is 1.42 bits per heavy atom. The molecule has 1 aromatic carbocycles. The van der Waals surface area contributed by atoms with E-state index in [0.29, 0.717) is 6.54 Å². The zero-order chi connectivity index (χ0) is 13.3. The summed E-state index contributed by atoms with van der Waals surface area (Å²) in [5, 5.41) is 0. The first kappa shape index (κ1) is 16.0. The second-order valence-electron chi connectivity index (χ2n) is 5.43. The summed E-state index contributed by atoms with van der Waals surface area (Å²) in [6.07, 6.45) is 0.719. The average molecular weight is 284 g/mol. The maximum absolute atomic E-state index is 12.3. The molecular formula is C15H22ClNO2. The number of rotatable bonds is 4. The summed E-state index contributed by atoms with van der Waals surface area (Å²) in [5.41, 5.74) is 7.47. The third kappa shape index (κ3) is 2.93. The summed E-state index contributed by atoms with van der Waals surface area (Å²) in [6.45, 7) is 6.32. The standard InChI is InChI=1S/C15H21NO2.ClH/c1-10(2)18-14(17)15(8-13(15)9-16)12-6-4-11(3)5-7-12;/h4-7,10,13H,8-9,16H2,1-3H3;1H/t13?,15-;/m1./s1. The molecule has 2 N–H and O–H groups in total. The van der Waals surface area contributed by atoms with Crippen molar-refractivity contribution in [2.45, 2.75) is 38.7 Å². The third-order valence-electron chi connectivity index (χ3n) is 3.66. The van der Waals surface area contributed by atoms with E-state index < -0.39 is 5.41 Å². The number of ether oxygens (including phenoxy) is 1. The SMILES string of the molecule is Cc1ccc([C@]2(C(=O)OC(C)C)CC2CN)cc1.Cl. The highest BCUT2D eigenvalue weighted by atomic mass is 35.5. The number of carbonyl (C=O) groups is 1. The van der Waals surface area contributed by atoms with E-state index in [9.17, 15) is 4.79 Å². The van der Waals surface area contributed by atoms with Gasteiger partial charge in [0.25, 0.3) is 0 Å². The fraction of sp³-hybridized carbons (Fsp3) is 0.533. The van der Waals surface area contributed by atoms with Gasteiger partial charge in [-0.05, 0) is 45.2 Å². The first-order chi connectivity index (χ1) is 8.50. The van der Waals surface area contributed by atoms with Gasteiger partial charge in [-0.15, -0.1) is 12.4 Å². The number of hydrogen-bond acceptors (Lipinski definition) is 3. The van der Waals surface area contributed by atoms with E-state index in [1.807, 2.05) is 45.0 Å². The van der Waals surface area contributed by atoms with Crippen LogP contribution >= 0.6 is 12.4 Å². The van der Waals surface area contributed by atoms with Crippen LogP contribution in [0.25, 0.3) is 0 Å². The molecule has 2 rings (SSSR count). The van der Waals surface area contributed by atoms with Crippen molar-refractivity contribution in [3.8, 4) is 0 Å². The van der Waals surface area contributed by atoms with Gasteiger partial charge in [-0.2, -0.15) is 0 Å². The maximum atomic E-state index is 12.3. The molecule has 3 nitrogen and oxygen atoms in total.